The van der Waals surface area contributed by atoms with Crippen LogP contribution in [0.1, 0.15) is 11.1 Å². The van der Waals surface area contributed by atoms with E-state index in [0.717, 1.165) is 37.4 Å². The van der Waals surface area contributed by atoms with Crippen molar-refractivity contribution in [1.82, 2.24) is 4.90 Å². The molecule has 19 heavy (non-hydrogen) atoms. The highest BCUT2D eigenvalue weighted by Gasteiger charge is 2.48. The molecule has 1 aromatic rings. The third kappa shape index (κ3) is 2.22. The second kappa shape index (κ2) is 4.44. The van der Waals surface area contributed by atoms with Gasteiger partial charge in [-0.05, 0) is 18.1 Å². The zero-order chi connectivity index (χ0) is 13.6. The quantitative estimate of drug-likeness (QED) is 0.631. The molecule has 2 fully saturated rings. The van der Waals surface area contributed by atoms with Crippen molar-refractivity contribution in [3.63, 3.8) is 0 Å². The molecule has 0 aliphatic carbocycles. The van der Waals surface area contributed by atoms with E-state index in [1.54, 1.807) is 13.0 Å². The van der Waals surface area contributed by atoms with E-state index in [4.69, 9.17) is 16.3 Å². The molecule has 2 heterocycles. The molecule has 1 spiro atoms. The van der Waals surface area contributed by atoms with Gasteiger partial charge in [0.1, 0.15) is 0 Å². The highest BCUT2D eigenvalue weighted by molar-refractivity contribution is 6.32. The molecule has 0 atom stereocenters. The van der Waals surface area contributed by atoms with Crippen molar-refractivity contribution in [3.8, 4) is 0 Å². The summed E-state index contributed by atoms with van der Waals surface area (Å²) in [5.41, 5.74) is 2.05. The van der Waals surface area contributed by atoms with Crippen LogP contribution in [-0.2, 0) is 11.3 Å². The van der Waals surface area contributed by atoms with E-state index in [2.05, 4.69) is 4.90 Å². The average molecular weight is 283 g/mol. The van der Waals surface area contributed by atoms with Gasteiger partial charge in [0.05, 0.1) is 18.1 Å². The molecule has 1 aromatic carbocycles. The molecular weight excluding hydrogens is 268 g/mol. The Balaban J connectivity index is 1.75. The standard InChI is InChI=1S/C13H15ClN2O3/c1-9-2-11(16(17)18)3-10(12(9)14)4-15-5-13(6-15)7-19-8-13/h2-3H,4-8H2,1H3. The number of hydrogen-bond acceptors (Lipinski definition) is 4. The largest absolute Gasteiger partial charge is 0.380 e. The summed E-state index contributed by atoms with van der Waals surface area (Å²) in [6.45, 7) is 6.13. The first-order chi connectivity index (χ1) is 8.99. The zero-order valence-corrected chi connectivity index (χ0v) is 11.4. The van der Waals surface area contributed by atoms with Crippen molar-refractivity contribution in [1.29, 1.82) is 0 Å². The summed E-state index contributed by atoms with van der Waals surface area (Å²) >= 11 is 6.24. The van der Waals surface area contributed by atoms with Crippen LogP contribution in [0.3, 0.4) is 0 Å². The van der Waals surface area contributed by atoms with Gasteiger partial charge in [-0.15, -0.1) is 0 Å². The number of hydrogen-bond donors (Lipinski definition) is 0. The summed E-state index contributed by atoms with van der Waals surface area (Å²) in [5.74, 6) is 0. The van der Waals surface area contributed by atoms with E-state index in [1.165, 1.54) is 6.07 Å². The lowest BCUT2D eigenvalue weighted by Gasteiger charge is -2.55. The Morgan fingerprint density at radius 1 is 1.47 bits per heavy atom. The van der Waals surface area contributed by atoms with Crippen molar-refractivity contribution in [2.45, 2.75) is 13.5 Å². The summed E-state index contributed by atoms with van der Waals surface area (Å²) in [4.78, 5) is 12.8. The predicted octanol–water partition coefficient (Wildman–Crippen LogP) is 2.39. The first-order valence-corrected chi connectivity index (χ1v) is 6.60. The van der Waals surface area contributed by atoms with E-state index in [-0.39, 0.29) is 10.6 Å². The van der Waals surface area contributed by atoms with Gasteiger partial charge in [-0.1, -0.05) is 11.6 Å². The summed E-state index contributed by atoms with van der Waals surface area (Å²) in [6.07, 6.45) is 0. The Bertz CT molecular complexity index is 535. The van der Waals surface area contributed by atoms with Crippen LogP contribution < -0.4 is 0 Å². The van der Waals surface area contributed by atoms with Crippen LogP contribution in [0.2, 0.25) is 5.02 Å². The van der Waals surface area contributed by atoms with Gasteiger partial charge < -0.3 is 4.74 Å². The Labute approximate surface area is 116 Å². The lowest BCUT2D eigenvalue weighted by Crippen LogP contribution is -2.65. The topological polar surface area (TPSA) is 55.6 Å². The van der Waals surface area contributed by atoms with Gasteiger partial charge in [-0.2, -0.15) is 0 Å². The maximum Gasteiger partial charge on any atom is 0.270 e. The molecule has 3 rings (SSSR count). The van der Waals surface area contributed by atoms with Gasteiger partial charge in [0.15, 0.2) is 0 Å². The van der Waals surface area contributed by atoms with Crippen molar-refractivity contribution < 1.29 is 9.66 Å². The van der Waals surface area contributed by atoms with Crippen LogP contribution in [0, 0.1) is 22.5 Å². The molecule has 2 aliphatic rings. The fraction of sp³-hybridized carbons (Fsp3) is 0.538. The van der Waals surface area contributed by atoms with Crippen molar-refractivity contribution in [2.75, 3.05) is 26.3 Å². The SMILES string of the molecule is Cc1cc([N+](=O)[O-])cc(CN2CC3(COC3)C2)c1Cl. The first kappa shape index (κ1) is 12.8. The third-order valence-corrected chi connectivity index (χ3v) is 4.39. The lowest BCUT2D eigenvalue weighted by molar-refractivity contribution is -0.385. The van der Waals surface area contributed by atoms with E-state index in [0.29, 0.717) is 17.0 Å². The average Bonchev–Trinajstić information content (AvgIpc) is 2.25. The Kier molecular flexibility index (Phi) is 3.00. The number of rotatable bonds is 3. The van der Waals surface area contributed by atoms with Gasteiger partial charge >= 0.3 is 0 Å². The van der Waals surface area contributed by atoms with Gasteiger partial charge in [0, 0.05) is 42.2 Å². The minimum atomic E-state index is -0.371. The molecule has 0 unspecified atom stereocenters. The van der Waals surface area contributed by atoms with Crippen LogP contribution in [0.4, 0.5) is 5.69 Å². The van der Waals surface area contributed by atoms with Crippen LogP contribution in [0.5, 0.6) is 0 Å². The maximum atomic E-state index is 10.9. The molecule has 0 aromatic heterocycles. The molecule has 0 N–H and O–H groups in total. The normalized spacial score (nSPS) is 20.9. The van der Waals surface area contributed by atoms with E-state index < -0.39 is 0 Å². The van der Waals surface area contributed by atoms with E-state index in [1.807, 2.05) is 0 Å². The molecule has 5 nitrogen and oxygen atoms in total. The number of likely N-dealkylation sites (tertiary alicyclic amines) is 1. The summed E-state index contributed by atoms with van der Waals surface area (Å²) < 4.78 is 5.23. The zero-order valence-electron chi connectivity index (χ0n) is 10.7. The van der Waals surface area contributed by atoms with Gasteiger partial charge in [0.2, 0.25) is 0 Å². The summed E-state index contributed by atoms with van der Waals surface area (Å²) in [6, 6.07) is 3.10. The third-order valence-electron chi connectivity index (χ3n) is 3.85. The van der Waals surface area contributed by atoms with Gasteiger partial charge in [-0.3, -0.25) is 15.0 Å². The maximum absolute atomic E-state index is 10.9. The number of nitro benzene ring substituents is 1. The van der Waals surface area contributed by atoms with Crippen LogP contribution in [-0.4, -0.2) is 36.1 Å². The molecular formula is C13H15ClN2O3. The monoisotopic (exact) mass is 282 g/mol. The van der Waals surface area contributed by atoms with Crippen LogP contribution >= 0.6 is 11.6 Å². The minimum Gasteiger partial charge on any atom is -0.380 e. The number of benzene rings is 1. The fourth-order valence-electron chi connectivity index (χ4n) is 2.87. The number of nitrogens with zero attached hydrogens (tertiary/aromatic N) is 2. The Hall–Kier alpha value is -1.17. The van der Waals surface area contributed by atoms with Crippen molar-refractivity contribution in [3.05, 3.63) is 38.4 Å². The predicted molar refractivity (Wildman–Crippen MR) is 71.4 cm³/mol. The van der Waals surface area contributed by atoms with E-state index >= 15 is 0 Å². The van der Waals surface area contributed by atoms with Crippen molar-refractivity contribution in [2.24, 2.45) is 5.41 Å². The number of halogens is 1. The number of ether oxygens (including phenoxy) is 1. The smallest absolute Gasteiger partial charge is 0.270 e. The second-order valence-electron chi connectivity index (χ2n) is 5.63. The minimum absolute atomic E-state index is 0.110. The highest BCUT2D eigenvalue weighted by atomic mass is 35.5. The Morgan fingerprint density at radius 2 is 2.16 bits per heavy atom. The van der Waals surface area contributed by atoms with Gasteiger partial charge in [-0.25, -0.2) is 0 Å². The number of aryl methyl sites for hydroxylation is 1. The second-order valence-corrected chi connectivity index (χ2v) is 6.01. The van der Waals surface area contributed by atoms with Gasteiger partial charge in [0.25, 0.3) is 5.69 Å². The summed E-state index contributed by atoms with van der Waals surface area (Å²) in [5, 5.41) is 11.5. The molecule has 102 valence electrons. The molecule has 0 radical (unpaired) electrons. The number of nitro groups is 1. The van der Waals surface area contributed by atoms with Crippen LogP contribution in [0.15, 0.2) is 12.1 Å². The Morgan fingerprint density at radius 3 is 2.68 bits per heavy atom. The van der Waals surface area contributed by atoms with E-state index in [9.17, 15) is 10.1 Å². The molecule has 0 bridgehead atoms. The molecule has 0 saturated carbocycles. The number of non-ortho nitro benzene ring substituents is 1. The van der Waals surface area contributed by atoms with Crippen molar-refractivity contribution >= 4 is 17.3 Å². The molecule has 6 heteroatoms. The van der Waals surface area contributed by atoms with Crippen LogP contribution in [0.25, 0.3) is 0 Å². The molecule has 2 aliphatic heterocycles. The first-order valence-electron chi connectivity index (χ1n) is 6.23. The summed E-state index contributed by atoms with van der Waals surface area (Å²) in [7, 11) is 0. The molecule has 0 amide bonds. The highest BCUT2D eigenvalue weighted by Crippen LogP contribution is 2.39. The lowest BCUT2D eigenvalue weighted by atomic mass is 9.78. The fourth-order valence-corrected chi connectivity index (χ4v) is 3.04. The molecule has 2 saturated heterocycles.